The van der Waals surface area contributed by atoms with Crippen LogP contribution in [0, 0.1) is 0 Å². The van der Waals surface area contributed by atoms with Gasteiger partial charge in [0.25, 0.3) is 11.8 Å². The number of carbonyl (C=O) groups is 2. The van der Waals surface area contributed by atoms with Crippen LogP contribution in [0.5, 0.6) is 0 Å². The van der Waals surface area contributed by atoms with Crippen molar-refractivity contribution in [2.45, 2.75) is 5.75 Å². The molecule has 2 heterocycles. The van der Waals surface area contributed by atoms with E-state index in [9.17, 15) is 9.59 Å². The summed E-state index contributed by atoms with van der Waals surface area (Å²) in [6.45, 7) is 2.19. The lowest BCUT2D eigenvalue weighted by Gasteiger charge is -2.34. The summed E-state index contributed by atoms with van der Waals surface area (Å²) in [5.41, 5.74) is 2.48. The molecule has 0 N–H and O–H groups in total. The van der Waals surface area contributed by atoms with Crippen molar-refractivity contribution in [1.29, 1.82) is 0 Å². The Hall–Kier alpha value is -2.21. The molecule has 1 aromatic heterocycles. The molecule has 0 spiro atoms. The van der Waals surface area contributed by atoms with Gasteiger partial charge in [0.1, 0.15) is 6.26 Å². The van der Waals surface area contributed by atoms with Crippen molar-refractivity contribution in [3.8, 4) is 0 Å². The highest BCUT2D eigenvalue weighted by atomic mass is 32.2. The van der Waals surface area contributed by atoms with Gasteiger partial charge in [-0.25, -0.2) is 0 Å². The number of piperazine rings is 1. The number of nitrogens with zero attached hydrogens (tertiary/aromatic N) is 2. The average molecular weight is 344 g/mol. The van der Waals surface area contributed by atoms with Crippen molar-refractivity contribution in [3.63, 3.8) is 0 Å². The van der Waals surface area contributed by atoms with Gasteiger partial charge in [0.15, 0.2) is 0 Å². The third kappa shape index (κ3) is 3.64. The van der Waals surface area contributed by atoms with E-state index in [4.69, 9.17) is 4.42 Å². The molecule has 1 saturated heterocycles. The molecule has 0 unspecified atom stereocenters. The Morgan fingerprint density at radius 3 is 2.04 bits per heavy atom. The van der Waals surface area contributed by atoms with Gasteiger partial charge in [-0.2, -0.15) is 11.8 Å². The number of amides is 2. The lowest BCUT2D eigenvalue weighted by molar-refractivity contribution is 0.0535. The number of carbonyl (C=O) groups excluding carboxylic acids is 2. The maximum Gasteiger partial charge on any atom is 0.257 e. The Morgan fingerprint density at radius 1 is 0.958 bits per heavy atom. The highest BCUT2D eigenvalue weighted by Crippen LogP contribution is 2.14. The summed E-state index contributed by atoms with van der Waals surface area (Å²) in [4.78, 5) is 28.4. The minimum Gasteiger partial charge on any atom is -0.472 e. The SMILES string of the molecule is CSCc1ccc(C(=O)N2CCN(C(=O)c3ccoc3)CC2)cc1. The van der Waals surface area contributed by atoms with Crippen LogP contribution in [-0.2, 0) is 5.75 Å². The van der Waals surface area contributed by atoms with Gasteiger partial charge in [-0.15, -0.1) is 0 Å². The molecule has 5 nitrogen and oxygen atoms in total. The first-order valence-electron chi connectivity index (χ1n) is 7.87. The van der Waals surface area contributed by atoms with Gasteiger partial charge in [0, 0.05) is 37.5 Å². The van der Waals surface area contributed by atoms with Crippen molar-refractivity contribution in [3.05, 3.63) is 59.5 Å². The topological polar surface area (TPSA) is 53.8 Å². The number of benzene rings is 1. The number of hydrogen-bond acceptors (Lipinski definition) is 4. The van der Waals surface area contributed by atoms with E-state index in [2.05, 4.69) is 6.26 Å². The molecule has 0 saturated carbocycles. The molecular formula is C18H20N2O3S. The van der Waals surface area contributed by atoms with E-state index in [1.807, 2.05) is 29.2 Å². The monoisotopic (exact) mass is 344 g/mol. The molecule has 126 valence electrons. The first-order chi connectivity index (χ1) is 11.7. The van der Waals surface area contributed by atoms with E-state index in [1.165, 1.54) is 18.1 Å². The Kier molecular flexibility index (Phi) is 5.25. The second-order valence-electron chi connectivity index (χ2n) is 5.73. The molecule has 24 heavy (non-hydrogen) atoms. The minimum absolute atomic E-state index is 0.0288. The van der Waals surface area contributed by atoms with Gasteiger partial charge in [-0.05, 0) is 30.0 Å². The van der Waals surface area contributed by atoms with Gasteiger partial charge >= 0.3 is 0 Å². The largest absolute Gasteiger partial charge is 0.472 e. The first-order valence-corrected chi connectivity index (χ1v) is 9.27. The molecule has 0 aliphatic carbocycles. The normalized spacial score (nSPS) is 14.7. The van der Waals surface area contributed by atoms with Crippen LogP contribution in [-0.4, -0.2) is 54.0 Å². The summed E-state index contributed by atoms with van der Waals surface area (Å²) >= 11 is 1.76. The smallest absolute Gasteiger partial charge is 0.257 e. The third-order valence-corrected chi connectivity index (χ3v) is 4.76. The van der Waals surface area contributed by atoms with Gasteiger partial charge in [-0.1, -0.05) is 12.1 Å². The van der Waals surface area contributed by atoms with Crippen LogP contribution in [0.25, 0.3) is 0 Å². The highest BCUT2D eigenvalue weighted by molar-refractivity contribution is 7.97. The van der Waals surface area contributed by atoms with Crippen molar-refractivity contribution in [2.75, 3.05) is 32.4 Å². The zero-order chi connectivity index (χ0) is 16.9. The summed E-state index contributed by atoms with van der Waals surface area (Å²) in [5, 5.41) is 0. The fourth-order valence-electron chi connectivity index (χ4n) is 2.77. The molecule has 1 aliphatic rings. The van der Waals surface area contributed by atoms with Crippen LogP contribution in [0.15, 0.2) is 47.3 Å². The fourth-order valence-corrected chi connectivity index (χ4v) is 3.30. The van der Waals surface area contributed by atoms with Crippen molar-refractivity contribution in [2.24, 2.45) is 0 Å². The summed E-state index contributed by atoms with van der Waals surface area (Å²) in [5.74, 6) is 0.932. The van der Waals surface area contributed by atoms with Crippen molar-refractivity contribution in [1.82, 2.24) is 9.80 Å². The Morgan fingerprint density at radius 2 is 1.54 bits per heavy atom. The molecule has 1 aromatic carbocycles. The first kappa shape index (κ1) is 16.6. The lowest BCUT2D eigenvalue weighted by atomic mass is 10.1. The maximum atomic E-state index is 12.6. The molecule has 2 aromatic rings. The standard InChI is InChI=1S/C18H20N2O3S/c1-24-13-14-2-4-15(5-3-14)17(21)19-7-9-20(10-8-19)18(22)16-6-11-23-12-16/h2-6,11-12H,7-10,13H2,1H3. The maximum absolute atomic E-state index is 12.6. The lowest BCUT2D eigenvalue weighted by Crippen LogP contribution is -2.50. The van der Waals surface area contributed by atoms with Gasteiger partial charge in [0.05, 0.1) is 11.8 Å². The van der Waals surface area contributed by atoms with E-state index in [-0.39, 0.29) is 11.8 Å². The summed E-state index contributed by atoms with van der Waals surface area (Å²) < 4.78 is 4.96. The second kappa shape index (κ2) is 7.57. The Labute approximate surface area is 145 Å². The Balaban J connectivity index is 1.57. The molecular weight excluding hydrogens is 324 g/mol. The minimum atomic E-state index is -0.0442. The molecule has 0 atom stereocenters. The van der Waals surface area contributed by atoms with Crippen LogP contribution in [0.1, 0.15) is 26.3 Å². The van der Waals surface area contributed by atoms with E-state index >= 15 is 0 Å². The van der Waals surface area contributed by atoms with Crippen LogP contribution in [0.3, 0.4) is 0 Å². The number of hydrogen-bond donors (Lipinski definition) is 0. The molecule has 1 fully saturated rings. The molecule has 3 rings (SSSR count). The van der Waals surface area contributed by atoms with Crippen molar-refractivity contribution < 1.29 is 14.0 Å². The second-order valence-corrected chi connectivity index (χ2v) is 6.59. The van der Waals surface area contributed by atoms with E-state index in [0.717, 1.165) is 5.75 Å². The zero-order valence-electron chi connectivity index (χ0n) is 13.6. The van der Waals surface area contributed by atoms with E-state index in [0.29, 0.717) is 37.3 Å². The quantitative estimate of drug-likeness (QED) is 0.856. The Bertz CT molecular complexity index is 690. The molecule has 1 aliphatic heterocycles. The molecule has 0 bridgehead atoms. The van der Waals surface area contributed by atoms with Crippen LogP contribution in [0.4, 0.5) is 0 Å². The van der Waals surface area contributed by atoms with Crippen LogP contribution < -0.4 is 0 Å². The van der Waals surface area contributed by atoms with Crippen molar-refractivity contribution >= 4 is 23.6 Å². The predicted molar refractivity (Wildman–Crippen MR) is 94.2 cm³/mol. The van der Waals surface area contributed by atoms with Crippen LogP contribution in [0.2, 0.25) is 0 Å². The fraction of sp³-hybridized carbons (Fsp3) is 0.333. The summed E-state index contributed by atoms with van der Waals surface area (Å²) in [6.07, 6.45) is 5.01. The van der Waals surface area contributed by atoms with Gasteiger partial charge in [0.2, 0.25) is 0 Å². The van der Waals surface area contributed by atoms with E-state index < -0.39 is 0 Å². The third-order valence-electron chi connectivity index (χ3n) is 4.13. The zero-order valence-corrected chi connectivity index (χ0v) is 14.4. The van der Waals surface area contributed by atoms with Crippen LogP contribution >= 0.6 is 11.8 Å². The van der Waals surface area contributed by atoms with E-state index in [1.54, 1.807) is 22.7 Å². The summed E-state index contributed by atoms with van der Waals surface area (Å²) in [7, 11) is 0. The number of rotatable bonds is 4. The molecule has 0 radical (unpaired) electrons. The van der Waals surface area contributed by atoms with Gasteiger partial charge in [-0.3, -0.25) is 9.59 Å². The number of furan rings is 1. The highest BCUT2D eigenvalue weighted by Gasteiger charge is 2.25. The molecule has 2 amide bonds. The number of thioether (sulfide) groups is 1. The average Bonchev–Trinajstić information content (AvgIpc) is 3.16. The van der Waals surface area contributed by atoms with Gasteiger partial charge < -0.3 is 14.2 Å². The predicted octanol–water partition coefficient (Wildman–Crippen LogP) is 2.74. The molecule has 6 heteroatoms. The summed E-state index contributed by atoms with van der Waals surface area (Å²) in [6, 6.07) is 9.44.